The SMILES string of the molecule is COC(C)(C)CCC(O)CS(C)(=O)=O. The molecule has 5 heteroatoms. The number of aliphatic hydroxyl groups is 1. The first kappa shape index (κ1) is 13.9. The number of methoxy groups -OCH3 is 1. The van der Waals surface area contributed by atoms with Gasteiger partial charge >= 0.3 is 0 Å². The summed E-state index contributed by atoms with van der Waals surface area (Å²) in [6, 6.07) is 0. The lowest BCUT2D eigenvalue weighted by molar-refractivity contribution is 0.00482. The number of hydrogen-bond acceptors (Lipinski definition) is 4. The van der Waals surface area contributed by atoms with Gasteiger partial charge in [0.05, 0.1) is 17.5 Å². The maximum Gasteiger partial charge on any atom is 0.149 e. The van der Waals surface area contributed by atoms with Crippen molar-refractivity contribution in [2.24, 2.45) is 0 Å². The van der Waals surface area contributed by atoms with E-state index in [1.165, 1.54) is 0 Å². The van der Waals surface area contributed by atoms with Gasteiger partial charge in [-0.15, -0.1) is 0 Å². The van der Waals surface area contributed by atoms with E-state index >= 15 is 0 Å². The Balaban J connectivity index is 3.92. The Kier molecular flexibility index (Phi) is 5.05. The molecule has 0 spiro atoms. The third-order valence-corrected chi connectivity index (χ3v) is 3.12. The molecular formula is C9H20O4S. The molecule has 0 aliphatic rings. The molecule has 0 saturated carbocycles. The first-order valence-corrected chi connectivity index (χ1v) is 6.63. The largest absolute Gasteiger partial charge is 0.392 e. The molecular weight excluding hydrogens is 204 g/mol. The molecule has 14 heavy (non-hydrogen) atoms. The zero-order valence-corrected chi connectivity index (χ0v) is 10.1. The van der Waals surface area contributed by atoms with Crippen LogP contribution in [0.2, 0.25) is 0 Å². The van der Waals surface area contributed by atoms with Gasteiger partial charge in [0.1, 0.15) is 9.84 Å². The van der Waals surface area contributed by atoms with Crippen LogP contribution < -0.4 is 0 Å². The van der Waals surface area contributed by atoms with Crippen LogP contribution in [0.1, 0.15) is 26.7 Å². The molecule has 1 unspecified atom stereocenters. The van der Waals surface area contributed by atoms with Crippen LogP contribution in [0, 0.1) is 0 Å². The Morgan fingerprint density at radius 1 is 1.43 bits per heavy atom. The standard InChI is InChI=1S/C9H20O4S/c1-9(2,13-3)6-5-8(10)7-14(4,11)12/h8,10H,5-7H2,1-4H3. The topological polar surface area (TPSA) is 63.6 Å². The van der Waals surface area contributed by atoms with Crippen molar-refractivity contribution in [2.45, 2.75) is 38.4 Å². The molecule has 1 N–H and O–H groups in total. The Morgan fingerprint density at radius 2 is 1.93 bits per heavy atom. The second-order valence-corrected chi connectivity index (χ2v) is 6.43. The molecule has 0 radical (unpaired) electrons. The van der Waals surface area contributed by atoms with Gasteiger partial charge in [-0.25, -0.2) is 8.42 Å². The zero-order chi connectivity index (χ0) is 11.4. The fourth-order valence-electron chi connectivity index (χ4n) is 1.05. The summed E-state index contributed by atoms with van der Waals surface area (Å²) in [5, 5.41) is 9.41. The normalized spacial score (nSPS) is 15.5. The van der Waals surface area contributed by atoms with Crippen LogP contribution in [-0.4, -0.2) is 44.3 Å². The molecule has 4 nitrogen and oxygen atoms in total. The second-order valence-electron chi connectivity index (χ2n) is 4.25. The van der Waals surface area contributed by atoms with E-state index in [9.17, 15) is 13.5 Å². The average Bonchev–Trinajstić information content (AvgIpc) is 1.98. The fourth-order valence-corrected chi connectivity index (χ4v) is 1.91. The predicted octanol–water partition coefficient (Wildman–Crippen LogP) is 0.597. The van der Waals surface area contributed by atoms with Crippen LogP contribution in [0.15, 0.2) is 0 Å². The van der Waals surface area contributed by atoms with Gasteiger partial charge in [-0.2, -0.15) is 0 Å². The maximum atomic E-state index is 10.8. The van der Waals surface area contributed by atoms with Gasteiger partial charge in [0, 0.05) is 13.4 Å². The van der Waals surface area contributed by atoms with Crippen molar-refractivity contribution in [3.8, 4) is 0 Å². The van der Waals surface area contributed by atoms with Crippen molar-refractivity contribution in [1.29, 1.82) is 0 Å². The van der Waals surface area contributed by atoms with Crippen LogP contribution in [0.3, 0.4) is 0 Å². The molecule has 0 fully saturated rings. The molecule has 0 rings (SSSR count). The van der Waals surface area contributed by atoms with Gasteiger partial charge in [-0.3, -0.25) is 0 Å². The van der Waals surface area contributed by atoms with Gasteiger partial charge < -0.3 is 9.84 Å². The molecule has 86 valence electrons. The highest BCUT2D eigenvalue weighted by atomic mass is 32.2. The minimum absolute atomic E-state index is 0.174. The number of rotatable bonds is 6. The third-order valence-electron chi connectivity index (χ3n) is 2.13. The molecule has 0 aliphatic heterocycles. The van der Waals surface area contributed by atoms with E-state index in [0.717, 1.165) is 6.26 Å². The second kappa shape index (κ2) is 5.09. The Bertz CT molecular complexity index is 256. The third kappa shape index (κ3) is 7.29. The highest BCUT2D eigenvalue weighted by molar-refractivity contribution is 7.90. The van der Waals surface area contributed by atoms with Crippen molar-refractivity contribution in [3.63, 3.8) is 0 Å². The van der Waals surface area contributed by atoms with E-state index in [-0.39, 0.29) is 11.4 Å². The van der Waals surface area contributed by atoms with Crippen molar-refractivity contribution >= 4 is 9.84 Å². The number of sulfone groups is 1. The summed E-state index contributed by atoms with van der Waals surface area (Å²) in [5.41, 5.74) is -0.307. The van der Waals surface area contributed by atoms with Crippen molar-refractivity contribution < 1.29 is 18.3 Å². The molecule has 0 heterocycles. The number of hydrogen-bond donors (Lipinski definition) is 1. The van der Waals surface area contributed by atoms with Crippen molar-refractivity contribution in [1.82, 2.24) is 0 Å². The average molecular weight is 224 g/mol. The lowest BCUT2D eigenvalue weighted by Gasteiger charge is -2.23. The minimum Gasteiger partial charge on any atom is -0.392 e. The predicted molar refractivity (Wildman–Crippen MR) is 56.0 cm³/mol. The minimum atomic E-state index is -3.09. The summed E-state index contributed by atoms with van der Waals surface area (Å²) in [5.74, 6) is -0.174. The summed E-state index contributed by atoms with van der Waals surface area (Å²) in [6.07, 6.45) is 1.41. The summed E-state index contributed by atoms with van der Waals surface area (Å²) in [7, 11) is -1.49. The van der Waals surface area contributed by atoms with Crippen molar-refractivity contribution in [3.05, 3.63) is 0 Å². The van der Waals surface area contributed by atoms with E-state index in [4.69, 9.17) is 4.74 Å². The quantitative estimate of drug-likeness (QED) is 0.717. The van der Waals surface area contributed by atoms with Gasteiger partial charge in [-0.1, -0.05) is 0 Å². The molecule has 0 aromatic heterocycles. The summed E-state index contributed by atoms with van der Waals surface area (Å²) >= 11 is 0. The maximum absolute atomic E-state index is 10.8. The Hall–Kier alpha value is -0.130. The molecule has 1 atom stereocenters. The van der Waals surface area contributed by atoms with Crippen LogP contribution >= 0.6 is 0 Å². The fraction of sp³-hybridized carbons (Fsp3) is 1.00. The summed E-state index contributed by atoms with van der Waals surface area (Å²) in [4.78, 5) is 0. The Morgan fingerprint density at radius 3 is 2.29 bits per heavy atom. The number of ether oxygens (including phenoxy) is 1. The molecule has 0 aliphatic carbocycles. The lowest BCUT2D eigenvalue weighted by Crippen LogP contribution is -2.27. The summed E-state index contributed by atoms with van der Waals surface area (Å²) < 4.78 is 26.8. The molecule has 0 saturated heterocycles. The Labute approximate surface area is 86.2 Å². The van der Waals surface area contributed by atoms with E-state index in [0.29, 0.717) is 12.8 Å². The van der Waals surface area contributed by atoms with Gasteiger partial charge in [0.15, 0.2) is 0 Å². The van der Waals surface area contributed by atoms with E-state index in [1.54, 1.807) is 7.11 Å². The van der Waals surface area contributed by atoms with Crippen LogP contribution in [0.25, 0.3) is 0 Å². The van der Waals surface area contributed by atoms with Crippen LogP contribution in [0.4, 0.5) is 0 Å². The first-order valence-electron chi connectivity index (χ1n) is 4.57. The first-order chi connectivity index (χ1) is 6.16. The van der Waals surface area contributed by atoms with Crippen molar-refractivity contribution in [2.75, 3.05) is 19.1 Å². The molecule has 0 amide bonds. The highest BCUT2D eigenvalue weighted by Gasteiger charge is 2.20. The zero-order valence-electron chi connectivity index (χ0n) is 9.28. The monoisotopic (exact) mass is 224 g/mol. The smallest absolute Gasteiger partial charge is 0.149 e. The van der Waals surface area contributed by atoms with E-state index < -0.39 is 15.9 Å². The van der Waals surface area contributed by atoms with E-state index in [2.05, 4.69) is 0 Å². The number of aliphatic hydroxyl groups excluding tert-OH is 1. The molecule has 0 aromatic carbocycles. The van der Waals surface area contributed by atoms with Gasteiger partial charge in [-0.05, 0) is 26.7 Å². The van der Waals surface area contributed by atoms with Gasteiger partial charge in [0.25, 0.3) is 0 Å². The van der Waals surface area contributed by atoms with Crippen LogP contribution in [0.5, 0.6) is 0 Å². The van der Waals surface area contributed by atoms with Crippen LogP contribution in [-0.2, 0) is 14.6 Å². The lowest BCUT2D eigenvalue weighted by atomic mass is 10.0. The van der Waals surface area contributed by atoms with Gasteiger partial charge in [0.2, 0.25) is 0 Å². The summed E-state index contributed by atoms with van der Waals surface area (Å²) in [6.45, 7) is 3.81. The van der Waals surface area contributed by atoms with E-state index in [1.807, 2.05) is 13.8 Å². The molecule has 0 bridgehead atoms. The highest BCUT2D eigenvalue weighted by Crippen LogP contribution is 2.17. The molecule has 0 aromatic rings.